The Morgan fingerprint density at radius 3 is 2.53 bits per heavy atom. The third-order valence-electron chi connectivity index (χ3n) is 5.53. The average molecular weight is 262 g/mol. The Bertz CT molecular complexity index is 336. The van der Waals surface area contributed by atoms with Gasteiger partial charge in [-0.2, -0.15) is 5.26 Å². The van der Waals surface area contributed by atoms with Gasteiger partial charge in [0.15, 0.2) is 0 Å². The van der Waals surface area contributed by atoms with E-state index in [1.807, 2.05) is 0 Å². The summed E-state index contributed by atoms with van der Waals surface area (Å²) in [5.41, 5.74) is 0.389. The molecule has 4 unspecified atom stereocenters. The summed E-state index contributed by atoms with van der Waals surface area (Å²) in [6.07, 6.45) is 7.49. The van der Waals surface area contributed by atoms with E-state index in [-0.39, 0.29) is 5.92 Å². The fourth-order valence-corrected chi connectivity index (χ4v) is 4.18. The van der Waals surface area contributed by atoms with Gasteiger partial charge in [-0.15, -0.1) is 0 Å². The molecule has 2 heteroatoms. The molecule has 19 heavy (non-hydrogen) atoms. The zero-order chi connectivity index (χ0) is 14.0. The van der Waals surface area contributed by atoms with Gasteiger partial charge in [-0.3, -0.25) is 4.90 Å². The number of hydrogen-bond acceptors (Lipinski definition) is 2. The second kappa shape index (κ2) is 5.83. The Balaban J connectivity index is 2.12. The summed E-state index contributed by atoms with van der Waals surface area (Å²) in [5.74, 6) is 1.05. The molecule has 2 rings (SSSR count). The van der Waals surface area contributed by atoms with Gasteiger partial charge in [-0.25, -0.2) is 0 Å². The average Bonchev–Trinajstić information content (AvgIpc) is 2.85. The third kappa shape index (κ3) is 3.14. The van der Waals surface area contributed by atoms with Gasteiger partial charge in [-0.05, 0) is 56.4 Å². The third-order valence-corrected chi connectivity index (χ3v) is 5.53. The zero-order valence-corrected chi connectivity index (χ0v) is 13.2. The van der Waals surface area contributed by atoms with Crippen molar-refractivity contribution in [3.63, 3.8) is 0 Å². The van der Waals surface area contributed by atoms with Crippen LogP contribution in [0.5, 0.6) is 0 Å². The highest BCUT2D eigenvalue weighted by Crippen LogP contribution is 2.43. The molecule has 0 aromatic heterocycles. The fraction of sp³-hybridized carbons (Fsp3) is 0.941. The highest BCUT2D eigenvalue weighted by Gasteiger charge is 2.41. The van der Waals surface area contributed by atoms with E-state index in [4.69, 9.17) is 0 Å². The number of rotatable bonds is 2. The van der Waals surface area contributed by atoms with Crippen molar-refractivity contribution in [2.45, 2.75) is 78.3 Å². The molecule has 0 spiro atoms. The fourth-order valence-electron chi connectivity index (χ4n) is 4.18. The highest BCUT2D eigenvalue weighted by molar-refractivity contribution is 5.01. The van der Waals surface area contributed by atoms with Crippen molar-refractivity contribution in [2.75, 3.05) is 6.54 Å². The Morgan fingerprint density at radius 2 is 1.95 bits per heavy atom. The van der Waals surface area contributed by atoms with Gasteiger partial charge in [0.05, 0.1) is 12.0 Å². The van der Waals surface area contributed by atoms with Crippen molar-refractivity contribution in [3.8, 4) is 6.07 Å². The van der Waals surface area contributed by atoms with Gasteiger partial charge in [0.2, 0.25) is 0 Å². The van der Waals surface area contributed by atoms with Crippen LogP contribution >= 0.6 is 0 Å². The van der Waals surface area contributed by atoms with Crippen molar-refractivity contribution >= 4 is 0 Å². The first-order chi connectivity index (χ1) is 8.97. The standard InChI is InChI=1S/C17H30N2/c1-5-15-7-6-10-19(15)16-11-14(17(2,3)4)9-8-13(16)12-18/h13-16H,5-11H2,1-4H3. The molecule has 0 amide bonds. The summed E-state index contributed by atoms with van der Waals surface area (Å²) in [6, 6.07) is 3.87. The lowest BCUT2D eigenvalue weighted by molar-refractivity contribution is 0.0520. The van der Waals surface area contributed by atoms with E-state index in [0.29, 0.717) is 11.5 Å². The van der Waals surface area contributed by atoms with Gasteiger partial charge in [0.25, 0.3) is 0 Å². The molecule has 2 nitrogen and oxygen atoms in total. The molecule has 0 N–H and O–H groups in total. The number of nitrogens with zero attached hydrogens (tertiary/aromatic N) is 2. The summed E-state index contributed by atoms with van der Waals surface area (Å²) in [4.78, 5) is 2.69. The number of hydrogen-bond donors (Lipinski definition) is 0. The Labute approximate surface area is 119 Å². The van der Waals surface area contributed by atoms with E-state index in [0.717, 1.165) is 18.4 Å². The predicted octanol–water partition coefficient (Wildman–Crippen LogP) is 4.22. The molecule has 1 heterocycles. The highest BCUT2D eigenvalue weighted by atomic mass is 15.2. The number of nitriles is 1. The van der Waals surface area contributed by atoms with E-state index < -0.39 is 0 Å². The van der Waals surface area contributed by atoms with E-state index in [2.05, 4.69) is 38.7 Å². The second-order valence-electron chi connectivity index (χ2n) is 7.62. The second-order valence-corrected chi connectivity index (χ2v) is 7.62. The molecule has 0 aromatic rings. The van der Waals surface area contributed by atoms with E-state index in [1.54, 1.807) is 0 Å². The van der Waals surface area contributed by atoms with Crippen LogP contribution in [0, 0.1) is 28.6 Å². The lowest BCUT2D eigenvalue weighted by atomic mass is 9.67. The zero-order valence-electron chi connectivity index (χ0n) is 13.2. The van der Waals surface area contributed by atoms with E-state index in [1.165, 1.54) is 38.6 Å². The smallest absolute Gasteiger partial charge is 0.0672 e. The molecule has 4 atom stereocenters. The summed E-state index contributed by atoms with van der Waals surface area (Å²) in [7, 11) is 0. The minimum atomic E-state index is 0.269. The quantitative estimate of drug-likeness (QED) is 0.745. The van der Waals surface area contributed by atoms with Crippen LogP contribution < -0.4 is 0 Å². The molecule has 1 aliphatic heterocycles. The molecule has 1 saturated heterocycles. The van der Waals surface area contributed by atoms with Gasteiger partial charge >= 0.3 is 0 Å². The first-order valence-corrected chi connectivity index (χ1v) is 8.12. The summed E-state index contributed by atoms with van der Waals surface area (Å²) in [5, 5.41) is 9.49. The van der Waals surface area contributed by atoms with Crippen LogP contribution in [0.25, 0.3) is 0 Å². The van der Waals surface area contributed by atoms with Crippen molar-refractivity contribution in [1.82, 2.24) is 4.90 Å². The number of likely N-dealkylation sites (tertiary alicyclic amines) is 1. The molecule has 0 bridgehead atoms. The topological polar surface area (TPSA) is 27.0 Å². The molecule has 2 fully saturated rings. The van der Waals surface area contributed by atoms with Crippen LogP contribution in [0.15, 0.2) is 0 Å². The first kappa shape index (κ1) is 14.9. The van der Waals surface area contributed by atoms with Crippen LogP contribution in [0.2, 0.25) is 0 Å². The van der Waals surface area contributed by atoms with Crippen LogP contribution in [0.1, 0.15) is 66.2 Å². The Hall–Kier alpha value is -0.550. The predicted molar refractivity (Wildman–Crippen MR) is 79.7 cm³/mol. The Kier molecular flexibility index (Phi) is 4.56. The van der Waals surface area contributed by atoms with Crippen molar-refractivity contribution in [2.24, 2.45) is 17.3 Å². The van der Waals surface area contributed by atoms with Crippen molar-refractivity contribution in [1.29, 1.82) is 5.26 Å². The first-order valence-electron chi connectivity index (χ1n) is 8.12. The maximum absolute atomic E-state index is 9.49. The van der Waals surface area contributed by atoms with Gasteiger partial charge in [-0.1, -0.05) is 27.7 Å². The van der Waals surface area contributed by atoms with Crippen LogP contribution in [0.4, 0.5) is 0 Å². The molecule has 0 radical (unpaired) electrons. The summed E-state index contributed by atoms with van der Waals surface area (Å²) in [6.45, 7) is 10.6. The molecule has 0 aromatic carbocycles. The minimum Gasteiger partial charge on any atom is -0.296 e. The molecule has 108 valence electrons. The Morgan fingerprint density at radius 1 is 1.21 bits per heavy atom. The van der Waals surface area contributed by atoms with Gasteiger partial charge in [0.1, 0.15) is 0 Å². The maximum Gasteiger partial charge on any atom is 0.0672 e. The van der Waals surface area contributed by atoms with E-state index >= 15 is 0 Å². The monoisotopic (exact) mass is 262 g/mol. The van der Waals surface area contributed by atoms with Crippen molar-refractivity contribution in [3.05, 3.63) is 0 Å². The minimum absolute atomic E-state index is 0.269. The lowest BCUT2D eigenvalue weighted by Gasteiger charge is -2.44. The normalized spacial score (nSPS) is 37.2. The summed E-state index contributed by atoms with van der Waals surface area (Å²) < 4.78 is 0. The molecule has 1 aliphatic carbocycles. The molecular weight excluding hydrogens is 232 g/mol. The SMILES string of the molecule is CCC1CCCN1C1CC(C(C)(C)C)CCC1C#N. The van der Waals surface area contributed by atoms with Crippen LogP contribution in [-0.2, 0) is 0 Å². The molecule has 1 saturated carbocycles. The largest absolute Gasteiger partial charge is 0.296 e. The van der Waals surface area contributed by atoms with Crippen LogP contribution in [0.3, 0.4) is 0 Å². The van der Waals surface area contributed by atoms with E-state index in [9.17, 15) is 5.26 Å². The van der Waals surface area contributed by atoms with Crippen molar-refractivity contribution < 1.29 is 0 Å². The molecular formula is C17H30N2. The van der Waals surface area contributed by atoms with Crippen LogP contribution in [-0.4, -0.2) is 23.5 Å². The lowest BCUT2D eigenvalue weighted by Crippen LogP contribution is -2.47. The van der Waals surface area contributed by atoms with Gasteiger partial charge in [0, 0.05) is 12.1 Å². The van der Waals surface area contributed by atoms with Gasteiger partial charge < -0.3 is 0 Å². The molecule has 2 aliphatic rings. The maximum atomic E-state index is 9.49. The summed E-state index contributed by atoms with van der Waals surface area (Å²) >= 11 is 0.